The van der Waals surface area contributed by atoms with Crippen LogP contribution in [0.15, 0.2) is 82.7 Å². The van der Waals surface area contributed by atoms with Crippen LogP contribution in [0.25, 0.3) is 11.0 Å². The maximum Gasteiger partial charge on any atom is 0.296 e. The average molecular weight is 442 g/mol. The van der Waals surface area contributed by atoms with Gasteiger partial charge in [-0.25, -0.2) is 9.37 Å². The van der Waals surface area contributed by atoms with E-state index < -0.39 is 23.2 Å². The first-order valence-corrected chi connectivity index (χ1v) is 10.3. The maximum atomic E-state index is 13.9. The van der Waals surface area contributed by atoms with Gasteiger partial charge in [0.25, 0.3) is 5.91 Å². The molecular formula is C26H19FN2O4. The molecule has 0 fully saturated rings. The number of nitrogens with zero attached hydrogens (tertiary/aromatic N) is 2. The summed E-state index contributed by atoms with van der Waals surface area (Å²) in [7, 11) is 0. The molecule has 3 heterocycles. The van der Waals surface area contributed by atoms with Gasteiger partial charge in [-0.2, -0.15) is 0 Å². The number of benzene rings is 2. The number of fused-ring (bicyclic) bond motifs is 2. The molecule has 164 valence electrons. The van der Waals surface area contributed by atoms with Crippen LogP contribution in [0.1, 0.15) is 33.3 Å². The zero-order chi connectivity index (χ0) is 23.1. The minimum Gasteiger partial charge on any atom is -0.490 e. The van der Waals surface area contributed by atoms with Crippen molar-refractivity contribution in [1.29, 1.82) is 0 Å². The molecule has 0 bridgehead atoms. The van der Waals surface area contributed by atoms with Gasteiger partial charge in [0.1, 0.15) is 29.6 Å². The molecular weight excluding hydrogens is 423 g/mol. The molecule has 0 N–H and O–H groups in total. The smallest absolute Gasteiger partial charge is 0.296 e. The van der Waals surface area contributed by atoms with Crippen molar-refractivity contribution in [3.05, 3.63) is 112 Å². The topological polar surface area (TPSA) is 72.6 Å². The van der Waals surface area contributed by atoms with E-state index in [4.69, 9.17) is 9.15 Å². The van der Waals surface area contributed by atoms with Gasteiger partial charge < -0.3 is 9.15 Å². The summed E-state index contributed by atoms with van der Waals surface area (Å²) >= 11 is 0. The summed E-state index contributed by atoms with van der Waals surface area (Å²) in [6.07, 6.45) is 3.24. The Bertz CT molecular complexity index is 1460. The molecule has 5 rings (SSSR count). The highest BCUT2D eigenvalue weighted by Crippen LogP contribution is 2.41. The first-order valence-electron chi connectivity index (χ1n) is 10.3. The van der Waals surface area contributed by atoms with Crippen molar-refractivity contribution >= 4 is 22.7 Å². The van der Waals surface area contributed by atoms with Gasteiger partial charge in [-0.05, 0) is 60.5 Å². The Balaban J connectivity index is 1.73. The van der Waals surface area contributed by atoms with E-state index in [0.717, 1.165) is 11.6 Å². The standard InChI is InChI=1S/C26H19FN2O4/c1-3-12-32-18-7-4-16(5-8-18)23-22-24(30)19-14-17(27)6-9-20(19)33-25(22)26(31)29(23)21-13-15(2)10-11-28-21/h3-11,13-14,23H,1,12H2,2H3. The SMILES string of the molecule is C=CCOc1ccc(C2c3c(oc4ccc(F)cc4c3=O)C(=O)N2c2cc(C)ccn2)cc1. The third-order valence-corrected chi connectivity index (χ3v) is 5.54. The summed E-state index contributed by atoms with van der Waals surface area (Å²) in [5, 5.41) is 0.0801. The number of carbonyl (C=O) groups is 1. The molecule has 0 spiro atoms. The van der Waals surface area contributed by atoms with Crippen molar-refractivity contribution in [3.8, 4) is 5.75 Å². The highest BCUT2D eigenvalue weighted by Gasteiger charge is 2.44. The van der Waals surface area contributed by atoms with E-state index in [9.17, 15) is 14.0 Å². The van der Waals surface area contributed by atoms with Crippen molar-refractivity contribution in [2.24, 2.45) is 0 Å². The van der Waals surface area contributed by atoms with E-state index in [1.54, 1.807) is 42.6 Å². The normalized spacial score (nSPS) is 15.0. The fraction of sp³-hybridized carbons (Fsp3) is 0.115. The largest absolute Gasteiger partial charge is 0.490 e. The first-order chi connectivity index (χ1) is 16.0. The van der Waals surface area contributed by atoms with Gasteiger partial charge in [-0.1, -0.05) is 24.8 Å². The predicted molar refractivity (Wildman–Crippen MR) is 122 cm³/mol. The second-order valence-electron chi connectivity index (χ2n) is 7.75. The van der Waals surface area contributed by atoms with Gasteiger partial charge in [-0.3, -0.25) is 14.5 Å². The van der Waals surface area contributed by atoms with Crippen LogP contribution in [0.2, 0.25) is 0 Å². The Morgan fingerprint density at radius 1 is 1.15 bits per heavy atom. The molecule has 6 nitrogen and oxygen atoms in total. The first kappa shape index (κ1) is 20.6. The Morgan fingerprint density at radius 2 is 1.94 bits per heavy atom. The van der Waals surface area contributed by atoms with Crippen molar-refractivity contribution in [2.75, 3.05) is 11.5 Å². The second-order valence-corrected chi connectivity index (χ2v) is 7.75. The van der Waals surface area contributed by atoms with Crippen LogP contribution in [0.4, 0.5) is 10.2 Å². The molecule has 0 radical (unpaired) electrons. The lowest BCUT2D eigenvalue weighted by molar-refractivity contribution is 0.0970. The Labute approximate surface area is 188 Å². The number of rotatable bonds is 5. The number of carbonyl (C=O) groups excluding carboxylic acids is 1. The molecule has 2 aromatic heterocycles. The van der Waals surface area contributed by atoms with Crippen molar-refractivity contribution < 1.29 is 18.3 Å². The van der Waals surface area contributed by atoms with Gasteiger partial charge in [-0.15, -0.1) is 0 Å². The predicted octanol–water partition coefficient (Wildman–Crippen LogP) is 4.95. The van der Waals surface area contributed by atoms with Gasteiger partial charge in [0.2, 0.25) is 5.76 Å². The van der Waals surface area contributed by atoms with Crippen molar-refractivity contribution in [2.45, 2.75) is 13.0 Å². The van der Waals surface area contributed by atoms with Crippen LogP contribution in [0.5, 0.6) is 5.75 Å². The zero-order valence-corrected chi connectivity index (χ0v) is 17.7. The van der Waals surface area contributed by atoms with Crippen molar-refractivity contribution in [1.82, 2.24) is 4.98 Å². The summed E-state index contributed by atoms with van der Waals surface area (Å²) in [4.78, 5) is 32.8. The van der Waals surface area contributed by atoms with E-state index in [-0.39, 0.29) is 22.3 Å². The molecule has 4 aromatic rings. The Morgan fingerprint density at radius 3 is 2.67 bits per heavy atom. The van der Waals surface area contributed by atoms with E-state index in [1.807, 2.05) is 13.0 Å². The summed E-state index contributed by atoms with van der Waals surface area (Å²) in [6, 6.07) is 13.5. The average Bonchev–Trinajstić information content (AvgIpc) is 3.11. The fourth-order valence-electron chi connectivity index (χ4n) is 4.05. The van der Waals surface area contributed by atoms with Gasteiger partial charge in [0, 0.05) is 6.20 Å². The molecule has 1 atom stereocenters. The minimum atomic E-state index is -0.792. The number of aryl methyl sites for hydroxylation is 1. The van der Waals surface area contributed by atoms with E-state index in [1.165, 1.54) is 17.0 Å². The highest BCUT2D eigenvalue weighted by molar-refractivity contribution is 6.10. The zero-order valence-electron chi connectivity index (χ0n) is 17.7. The number of anilines is 1. The molecule has 0 aliphatic carbocycles. The maximum absolute atomic E-state index is 13.9. The van der Waals surface area contributed by atoms with E-state index >= 15 is 0 Å². The number of pyridine rings is 1. The van der Waals surface area contributed by atoms with E-state index in [0.29, 0.717) is 23.7 Å². The van der Waals surface area contributed by atoms with Gasteiger partial charge >= 0.3 is 0 Å². The number of aromatic nitrogens is 1. The molecule has 1 aliphatic heterocycles. The van der Waals surface area contributed by atoms with Crippen molar-refractivity contribution in [3.63, 3.8) is 0 Å². The lowest BCUT2D eigenvalue weighted by Crippen LogP contribution is -2.30. The van der Waals surface area contributed by atoms with Crippen LogP contribution in [0.3, 0.4) is 0 Å². The molecule has 33 heavy (non-hydrogen) atoms. The molecule has 1 unspecified atom stereocenters. The lowest BCUT2D eigenvalue weighted by Gasteiger charge is -2.24. The fourth-order valence-corrected chi connectivity index (χ4v) is 4.05. The second kappa shape index (κ2) is 8.02. The molecule has 1 aliphatic rings. The number of halogens is 1. The number of amides is 1. The quantitative estimate of drug-likeness (QED) is 0.409. The summed E-state index contributed by atoms with van der Waals surface area (Å²) in [6.45, 7) is 5.87. The summed E-state index contributed by atoms with van der Waals surface area (Å²) < 4.78 is 25.3. The van der Waals surface area contributed by atoms with Crippen LogP contribution in [-0.4, -0.2) is 17.5 Å². The molecule has 0 saturated heterocycles. The lowest BCUT2D eigenvalue weighted by atomic mass is 9.98. The van der Waals surface area contributed by atoms with Gasteiger partial charge in [0.15, 0.2) is 5.43 Å². The van der Waals surface area contributed by atoms with Crippen LogP contribution < -0.4 is 15.1 Å². The Hall–Kier alpha value is -4.26. The van der Waals surface area contributed by atoms with Crippen LogP contribution >= 0.6 is 0 Å². The monoisotopic (exact) mass is 442 g/mol. The van der Waals surface area contributed by atoms with E-state index in [2.05, 4.69) is 11.6 Å². The van der Waals surface area contributed by atoms with Crippen LogP contribution in [-0.2, 0) is 0 Å². The van der Waals surface area contributed by atoms with Gasteiger partial charge in [0.05, 0.1) is 17.0 Å². The molecule has 2 aromatic carbocycles. The minimum absolute atomic E-state index is 0.0700. The highest BCUT2D eigenvalue weighted by atomic mass is 19.1. The Kier molecular flexibility index (Phi) is 5.01. The molecule has 1 amide bonds. The number of hydrogen-bond acceptors (Lipinski definition) is 5. The third kappa shape index (κ3) is 3.47. The number of hydrogen-bond donors (Lipinski definition) is 0. The third-order valence-electron chi connectivity index (χ3n) is 5.54. The molecule has 7 heteroatoms. The summed E-state index contributed by atoms with van der Waals surface area (Å²) in [5.74, 6) is -0.103. The number of ether oxygens (including phenoxy) is 1. The summed E-state index contributed by atoms with van der Waals surface area (Å²) in [5.41, 5.74) is 1.42. The van der Waals surface area contributed by atoms with Crippen LogP contribution in [0, 0.1) is 12.7 Å². The molecule has 0 saturated carbocycles.